The molecule has 8 atom stereocenters. The summed E-state index contributed by atoms with van der Waals surface area (Å²) in [6, 6.07) is 0.545. The fraction of sp³-hybridized carbons (Fsp3) is 0.864. The van der Waals surface area contributed by atoms with Gasteiger partial charge in [0.1, 0.15) is 5.78 Å². The first kappa shape index (κ1) is 15.4. The Balaban J connectivity index is 1.62. The number of allylic oxidation sites excluding steroid dienone is 2. The second-order valence-corrected chi connectivity index (χ2v) is 10.7. The highest BCUT2D eigenvalue weighted by atomic mass is 16.3. The first-order chi connectivity index (χ1) is 12.0. The maximum absolute atomic E-state index is 13.6. The highest BCUT2D eigenvalue weighted by Crippen LogP contribution is 2.80. The van der Waals surface area contributed by atoms with Crippen LogP contribution in [0.25, 0.3) is 0 Å². The number of carbonyl (C=O) groups excluding carboxylic acids is 1. The highest BCUT2D eigenvalue weighted by Gasteiger charge is 2.80. The topological polar surface area (TPSA) is 40.5 Å². The van der Waals surface area contributed by atoms with Crippen LogP contribution in [0, 0.1) is 39.9 Å². The molecule has 25 heavy (non-hydrogen) atoms. The van der Waals surface area contributed by atoms with Gasteiger partial charge < -0.3 is 5.11 Å². The predicted octanol–water partition coefficient (Wildman–Crippen LogP) is 3.03. The van der Waals surface area contributed by atoms with E-state index in [1.807, 2.05) is 0 Å². The molecule has 4 saturated carbocycles. The van der Waals surface area contributed by atoms with Crippen molar-refractivity contribution in [2.45, 2.75) is 58.4 Å². The van der Waals surface area contributed by atoms with E-state index in [2.05, 4.69) is 24.8 Å². The van der Waals surface area contributed by atoms with Gasteiger partial charge in [-0.05, 0) is 55.8 Å². The van der Waals surface area contributed by atoms with Crippen molar-refractivity contribution < 1.29 is 9.90 Å². The molecule has 3 heteroatoms. The number of ketones is 1. The van der Waals surface area contributed by atoms with Crippen molar-refractivity contribution in [2.75, 3.05) is 19.7 Å². The van der Waals surface area contributed by atoms with Crippen LogP contribution in [0.5, 0.6) is 0 Å². The molecule has 0 aromatic heterocycles. The number of β-amino-alcohol motifs (C(OH)–C–C–N with tert-alkyl or cyclic N) is 1. The Labute approximate surface area is 150 Å². The molecule has 0 unspecified atom stereocenters. The monoisotopic (exact) mass is 341 g/mol. The molecule has 7 aliphatic rings. The number of likely N-dealkylation sites (tertiary alicyclic amines) is 1. The minimum atomic E-state index is 0.137. The predicted molar refractivity (Wildman–Crippen MR) is 95.8 cm³/mol. The summed E-state index contributed by atoms with van der Waals surface area (Å²) in [5.41, 5.74) is 2.08. The van der Waals surface area contributed by atoms with Crippen molar-refractivity contribution in [3.63, 3.8) is 0 Å². The zero-order chi connectivity index (χ0) is 17.2. The number of piperidine rings is 1. The van der Waals surface area contributed by atoms with Gasteiger partial charge in [-0.25, -0.2) is 0 Å². The summed E-state index contributed by atoms with van der Waals surface area (Å²) in [4.78, 5) is 16.2. The van der Waals surface area contributed by atoms with Crippen LogP contribution >= 0.6 is 0 Å². The zero-order valence-electron chi connectivity index (χ0n) is 15.6. The van der Waals surface area contributed by atoms with Crippen LogP contribution < -0.4 is 0 Å². The van der Waals surface area contributed by atoms with Gasteiger partial charge in [0.25, 0.3) is 0 Å². The summed E-state index contributed by atoms with van der Waals surface area (Å²) in [5.74, 6) is 3.03. The molecule has 1 N–H and O–H groups in total. The van der Waals surface area contributed by atoms with Gasteiger partial charge in [0.15, 0.2) is 0 Å². The Morgan fingerprint density at radius 2 is 2.16 bits per heavy atom. The molecule has 6 aliphatic carbocycles. The Bertz CT molecular complexity index is 700. The van der Waals surface area contributed by atoms with Gasteiger partial charge in [0.2, 0.25) is 0 Å². The lowest BCUT2D eigenvalue weighted by Crippen LogP contribution is -2.69. The molecular weight excluding hydrogens is 310 g/mol. The lowest BCUT2D eigenvalue weighted by atomic mass is 9.40. The van der Waals surface area contributed by atoms with Crippen LogP contribution in [0.1, 0.15) is 52.4 Å². The molecule has 1 aliphatic heterocycles. The summed E-state index contributed by atoms with van der Waals surface area (Å²) < 4.78 is 0. The molecule has 1 saturated heterocycles. The van der Waals surface area contributed by atoms with E-state index >= 15 is 0 Å². The Morgan fingerprint density at radius 3 is 2.96 bits per heavy atom. The van der Waals surface area contributed by atoms with Crippen LogP contribution in [0.4, 0.5) is 0 Å². The van der Waals surface area contributed by atoms with Crippen molar-refractivity contribution in [2.24, 2.45) is 39.9 Å². The van der Waals surface area contributed by atoms with Gasteiger partial charge in [0, 0.05) is 42.3 Å². The molecule has 2 spiro atoms. The number of Topliss-reactive ketones (excluding diaryl/α,β-unsaturated/α-hetero) is 1. The van der Waals surface area contributed by atoms with Crippen LogP contribution in [0.15, 0.2) is 11.6 Å². The molecule has 6 bridgehead atoms. The Hall–Kier alpha value is -0.670. The maximum atomic E-state index is 13.6. The fourth-order valence-corrected chi connectivity index (χ4v) is 9.73. The van der Waals surface area contributed by atoms with Crippen LogP contribution in [-0.2, 0) is 4.79 Å². The first-order valence-electron chi connectivity index (χ1n) is 10.5. The summed E-state index contributed by atoms with van der Waals surface area (Å²) in [6.07, 6.45) is 9.79. The number of carbonyl (C=O) groups is 1. The second-order valence-electron chi connectivity index (χ2n) is 10.7. The van der Waals surface area contributed by atoms with Gasteiger partial charge >= 0.3 is 0 Å². The average molecular weight is 341 g/mol. The number of hydrogen-bond donors (Lipinski definition) is 1. The molecule has 0 radical (unpaired) electrons. The lowest BCUT2D eigenvalue weighted by molar-refractivity contribution is -0.184. The fourth-order valence-electron chi connectivity index (χ4n) is 9.73. The number of aliphatic hydroxyl groups excluding tert-OH is 1. The third kappa shape index (κ3) is 1.46. The minimum Gasteiger partial charge on any atom is -0.395 e. The average Bonchev–Trinajstić information content (AvgIpc) is 2.64. The second kappa shape index (κ2) is 4.42. The SMILES string of the molecule is CC1=C[C@@]23CC(=O)[C@@H]4[C@@]5(C)CCC[C@@]46[C@@H]2C[C@H]1C[C@@H]3[C@H]6N(CCO)C5. The Morgan fingerprint density at radius 1 is 1.32 bits per heavy atom. The van der Waals surface area contributed by atoms with Gasteiger partial charge in [-0.1, -0.05) is 25.0 Å². The Kier molecular flexibility index (Phi) is 2.72. The van der Waals surface area contributed by atoms with Crippen molar-refractivity contribution in [1.82, 2.24) is 4.90 Å². The van der Waals surface area contributed by atoms with E-state index in [-0.39, 0.29) is 22.9 Å². The quantitative estimate of drug-likeness (QED) is 0.785. The first-order valence-corrected chi connectivity index (χ1v) is 10.5. The molecule has 3 nitrogen and oxygen atoms in total. The number of aliphatic hydroxyl groups is 1. The molecule has 1 heterocycles. The lowest BCUT2D eigenvalue weighted by Gasteiger charge is -2.66. The molecule has 0 aromatic carbocycles. The number of hydrogen-bond acceptors (Lipinski definition) is 3. The van der Waals surface area contributed by atoms with Gasteiger partial charge in [-0.2, -0.15) is 0 Å². The number of rotatable bonds is 2. The maximum Gasteiger partial charge on any atom is 0.138 e. The van der Waals surface area contributed by atoms with Gasteiger partial charge in [-0.15, -0.1) is 0 Å². The van der Waals surface area contributed by atoms with Crippen LogP contribution in [0.2, 0.25) is 0 Å². The normalized spacial score (nSPS) is 58.4. The number of nitrogens with zero attached hydrogens (tertiary/aromatic N) is 1. The molecule has 0 amide bonds. The van der Waals surface area contributed by atoms with Crippen molar-refractivity contribution >= 4 is 5.78 Å². The van der Waals surface area contributed by atoms with Crippen LogP contribution in [0.3, 0.4) is 0 Å². The van der Waals surface area contributed by atoms with E-state index in [9.17, 15) is 9.90 Å². The summed E-state index contributed by atoms with van der Waals surface area (Å²) in [7, 11) is 0. The molecule has 5 fully saturated rings. The van der Waals surface area contributed by atoms with E-state index in [1.165, 1.54) is 32.1 Å². The molecule has 0 aromatic rings. The van der Waals surface area contributed by atoms with Crippen molar-refractivity contribution in [1.29, 1.82) is 0 Å². The molecule has 136 valence electrons. The van der Waals surface area contributed by atoms with Crippen molar-refractivity contribution in [3.8, 4) is 0 Å². The molecular formula is C22H31NO2. The van der Waals surface area contributed by atoms with E-state index in [0.717, 1.165) is 31.3 Å². The summed E-state index contributed by atoms with van der Waals surface area (Å²) >= 11 is 0. The van der Waals surface area contributed by atoms with Gasteiger partial charge in [-0.3, -0.25) is 9.69 Å². The van der Waals surface area contributed by atoms with E-state index < -0.39 is 0 Å². The smallest absolute Gasteiger partial charge is 0.138 e. The summed E-state index contributed by atoms with van der Waals surface area (Å²) in [6.45, 7) is 6.80. The third-order valence-corrected chi connectivity index (χ3v) is 9.86. The zero-order valence-corrected chi connectivity index (χ0v) is 15.6. The van der Waals surface area contributed by atoms with Gasteiger partial charge in [0.05, 0.1) is 6.61 Å². The van der Waals surface area contributed by atoms with Crippen molar-refractivity contribution in [3.05, 3.63) is 11.6 Å². The van der Waals surface area contributed by atoms with E-state index in [1.54, 1.807) is 5.57 Å². The van der Waals surface area contributed by atoms with Crippen LogP contribution in [-0.4, -0.2) is 41.5 Å². The summed E-state index contributed by atoms with van der Waals surface area (Å²) in [5, 5.41) is 9.77. The third-order valence-electron chi connectivity index (χ3n) is 9.86. The largest absolute Gasteiger partial charge is 0.395 e. The van der Waals surface area contributed by atoms with E-state index in [4.69, 9.17) is 0 Å². The molecule has 7 rings (SSSR count). The minimum absolute atomic E-state index is 0.137. The highest BCUT2D eigenvalue weighted by molar-refractivity contribution is 5.87. The van der Waals surface area contributed by atoms with E-state index in [0.29, 0.717) is 23.7 Å². The standard InChI is InChI=1S/C22H31NO2/c1-13-10-21-11-16(25)18-20(2)4-3-5-22(18)17(21)9-14(13)8-15(21)19(22)23(12-20)6-7-24/h10,14-15,17-19,24H,3-9,11-12H2,1-2H3/t14-,15-,17-,18-,19-,20+,21+,22-/m1/s1.